The number of benzene rings is 1. The Morgan fingerprint density at radius 1 is 1.30 bits per heavy atom. The smallest absolute Gasteiger partial charge is 0.307 e. The molecule has 0 radical (unpaired) electrons. The molecule has 0 aliphatic rings. The van der Waals surface area contributed by atoms with Crippen molar-refractivity contribution in [1.82, 2.24) is 0 Å². The van der Waals surface area contributed by atoms with Gasteiger partial charge in [-0.05, 0) is 48.1 Å². The van der Waals surface area contributed by atoms with Crippen molar-refractivity contribution in [1.29, 1.82) is 0 Å². The van der Waals surface area contributed by atoms with Crippen LogP contribution in [0.3, 0.4) is 0 Å². The van der Waals surface area contributed by atoms with Crippen molar-refractivity contribution >= 4 is 11.5 Å². The highest BCUT2D eigenvalue weighted by molar-refractivity contribution is 5.75. The van der Waals surface area contributed by atoms with E-state index in [-0.39, 0.29) is 6.42 Å². The highest BCUT2D eigenvalue weighted by Crippen LogP contribution is 2.27. The molecule has 3 heteroatoms. The van der Waals surface area contributed by atoms with E-state index in [9.17, 15) is 4.79 Å². The van der Waals surface area contributed by atoms with Gasteiger partial charge in [0.15, 0.2) is 0 Å². The Morgan fingerprint density at radius 3 is 2.60 bits per heavy atom. The summed E-state index contributed by atoms with van der Waals surface area (Å²) in [6.45, 7) is 6.96. The largest absolute Gasteiger partial charge is 0.494 e. The molecular formula is C17H24O3. The van der Waals surface area contributed by atoms with Gasteiger partial charge in [-0.2, -0.15) is 0 Å². The van der Waals surface area contributed by atoms with E-state index in [1.54, 1.807) is 0 Å². The maximum absolute atomic E-state index is 10.7. The van der Waals surface area contributed by atoms with Crippen LogP contribution < -0.4 is 4.74 Å². The van der Waals surface area contributed by atoms with Crippen LogP contribution in [-0.2, 0) is 11.2 Å². The minimum atomic E-state index is -0.795. The first kappa shape index (κ1) is 16.3. The molecule has 0 aliphatic carbocycles. The Balaban J connectivity index is 3.03. The molecule has 0 bridgehead atoms. The number of aliphatic carboxylic acids is 1. The van der Waals surface area contributed by atoms with E-state index < -0.39 is 5.97 Å². The highest BCUT2D eigenvalue weighted by Gasteiger charge is 2.08. The van der Waals surface area contributed by atoms with E-state index in [1.807, 2.05) is 18.2 Å². The first-order valence-corrected chi connectivity index (χ1v) is 7.29. The van der Waals surface area contributed by atoms with Crippen LogP contribution in [0.25, 0.3) is 5.57 Å². The monoisotopic (exact) mass is 276 g/mol. The molecule has 20 heavy (non-hydrogen) atoms. The molecule has 0 unspecified atom stereocenters. The molecule has 1 aromatic rings. The summed E-state index contributed by atoms with van der Waals surface area (Å²) in [5.41, 5.74) is 3.43. The summed E-state index contributed by atoms with van der Waals surface area (Å²) in [6.07, 6.45) is 4.60. The molecule has 1 N–H and O–H groups in total. The van der Waals surface area contributed by atoms with Crippen molar-refractivity contribution in [2.75, 3.05) is 6.61 Å². The third-order valence-corrected chi connectivity index (χ3v) is 3.18. The van der Waals surface area contributed by atoms with E-state index in [4.69, 9.17) is 9.84 Å². The van der Waals surface area contributed by atoms with E-state index in [1.165, 1.54) is 5.56 Å². The molecule has 0 saturated heterocycles. The van der Waals surface area contributed by atoms with Crippen LogP contribution >= 0.6 is 0 Å². The summed E-state index contributed by atoms with van der Waals surface area (Å²) in [7, 11) is 0. The minimum absolute atomic E-state index is 0.0699. The maximum Gasteiger partial charge on any atom is 0.307 e. The summed E-state index contributed by atoms with van der Waals surface area (Å²) in [5.74, 6) is 0.0954. The van der Waals surface area contributed by atoms with Crippen LogP contribution in [0.2, 0.25) is 0 Å². The number of ether oxygens (including phenoxy) is 1. The fourth-order valence-corrected chi connectivity index (χ4v) is 2.14. The lowest BCUT2D eigenvalue weighted by atomic mass is 9.95. The highest BCUT2D eigenvalue weighted by atomic mass is 16.5. The van der Waals surface area contributed by atoms with Crippen molar-refractivity contribution in [2.45, 2.75) is 46.5 Å². The zero-order chi connectivity index (χ0) is 15.0. The topological polar surface area (TPSA) is 46.5 Å². The van der Waals surface area contributed by atoms with Crippen LogP contribution in [0, 0.1) is 0 Å². The summed E-state index contributed by atoms with van der Waals surface area (Å²) >= 11 is 0. The van der Waals surface area contributed by atoms with Crippen LogP contribution in [0.4, 0.5) is 0 Å². The molecule has 1 rings (SSSR count). The Kier molecular flexibility index (Phi) is 6.85. The van der Waals surface area contributed by atoms with Gasteiger partial charge in [0.05, 0.1) is 13.0 Å². The fourth-order valence-electron chi connectivity index (χ4n) is 2.14. The van der Waals surface area contributed by atoms with Gasteiger partial charge in [-0.1, -0.05) is 32.9 Å². The van der Waals surface area contributed by atoms with E-state index in [0.717, 1.165) is 42.8 Å². The number of carboxylic acids is 1. The lowest BCUT2D eigenvalue weighted by Crippen LogP contribution is -1.99. The molecule has 0 atom stereocenters. The average Bonchev–Trinajstić information content (AvgIpc) is 2.46. The Morgan fingerprint density at radius 2 is 2.05 bits per heavy atom. The zero-order valence-electron chi connectivity index (χ0n) is 12.6. The third kappa shape index (κ3) is 4.72. The van der Waals surface area contributed by atoms with E-state index in [2.05, 4.69) is 26.8 Å². The molecule has 0 fully saturated rings. The minimum Gasteiger partial charge on any atom is -0.494 e. The first-order valence-electron chi connectivity index (χ1n) is 7.29. The van der Waals surface area contributed by atoms with Crippen molar-refractivity contribution < 1.29 is 14.6 Å². The Labute approximate surface area is 121 Å². The number of allylic oxidation sites excluding steroid dienone is 1. The molecule has 110 valence electrons. The molecule has 3 nitrogen and oxygen atoms in total. The summed E-state index contributed by atoms with van der Waals surface area (Å²) in [5, 5.41) is 8.81. The van der Waals surface area contributed by atoms with Gasteiger partial charge >= 0.3 is 5.97 Å². The quantitative estimate of drug-likeness (QED) is 0.769. The van der Waals surface area contributed by atoms with Gasteiger partial charge in [0, 0.05) is 0 Å². The van der Waals surface area contributed by atoms with Crippen LogP contribution in [0.5, 0.6) is 5.75 Å². The second-order valence-electron chi connectivity index (χ2n) is 4.70. The molecular weight excluding hydrogens is 252 g/mol. The van der Waals surface area contributed by atoms with Crippen molar-refractivity contribution in [3.05, 3.63) is 35.4 Å². The van der Waals surface area contributed by atoms with Gasteiger partial charge in [-0.15, -0.1) is 0 Å². The van der Waals surface area contributed by atoms with Gasteiger partial charge < -0.3 is 9.84 Å². The lowest BCUT2D eigenvalue weighted by Gasteiger charge is -2.13. The normalized spacial score (nSPS) is 11.4. The molecule has 0 aliphatic heterocycles. The zero-order valence-corrected chi connectivity index (χ0v) is 12.6. The van der Waals surface area contributed by atoms with Gasteiger partial charge in [-0.3, -0.25) is 4.79 Å². The van der Waals surface area contributed by atoms with Gasteiger partial charge in [0.2, 0.25) is 0 Å². The number of hydrogen-bond acceptors (Lipinski definition) is 2. The molecule has 0 spiro atoms. The Hall–Kier alpha value is -1.77. The third-order valence-electron chi connectivity index (χ3n) is 3.18. The van der Waals surface area contributed by atoms with Crippen molar-refractivity contribution in [3.63, 3.8) is 0 Å². The predicted octanol–water partition coefficient (Wildman–Crippen LogP) is 4.31. The van der Waals surface area contributed by atoms with Crippen molar-refractivity contribution in [2.24, 2.45) is 0 Å². The number of aryl methyl sites for hydroxylation is 1. The predicted molar refractivity (Wildman–Crippen MR) is 82.1 cm³/mol. The molecule has 0 aromatic heterocycles. The summed E-state index contributed by atoms with van der Waals surface area (Å²) in [6, 6.07) is 6.07. The second kappa shape index (κ2) is 8.41. The SMILES string of the molecule is CCCOc1ccc(/C(=C/CC(=O)O)CC)c(CC)c1. The van der Waals surface area contributed by atoms with Crippen molar-refractivity contribution in [3.8, 4) is 5.75 Å². The van der Waals surface area contributed by atoms with Gasteiger partial charge in [-0.25, -0.2) is 0 Å². The number of rotatable bonds is 8. The lowest BCUT2D eigenvalue weighted by molar-refractivity contribution is -0.135. The molecule has 1 aromatic carbocycles. The fraction of sp³-hybridized carbons (Fsp3) is 0.471. The standard InChI is InChI=1S/C17H24O3/c1-4-11-20-15-8-9-16(14(6-3)12-15)13(5-2)7-10-17(18)19/h7-9,12H,4-6,10-11H2,1-3H3,(H,18,19)/b13-7+. The average molecular weight is 276 g/mol. The van der Waals surface area contributed by atoms with Crippen LogP contribution in [0.1, 0.15) is 51.2 Å². The van der Waals surface area contributed by atoms with Crippen LogP contribution in [0.15, 0.2) is 24.3 Å². The van der Waals surface area contributed by atoms with Gasteiger partial charge in [0.25, 0.3) is 0 Å². The van der Waals surface area contributed by atoms with E-state index in [0.29, 0.717) is 0 Å². The summed E-state index contributed by atoms with van der Waals surface area (Å²) < 4.78 is 5.65. The molecule has 0 amide bonds. The van der Waals surface area contributed by atoms with Gasteiger partial charge in [0.1, 0.15) is 5.75 Å². The van der Waals surface area contributed by atoms with Crippen LogP contribution in [-0.4, -0.2) is 17.7 Å². The molecule has 0 heterocycles. The Bertz CT molecular complexity index is 475. The number of carboxylic acid groups (broad SMARTS) is 1. The number of hydrogen-bond donors (Lipinski definition) is 1. The number of carbonyl (C=O) groups is 1. The first-order chi connectivity index (χ1) is 9.62. The summed E-state index contributed by atoms with van der Waals surface area (Å²) in [4.78, 5) is 10.7. The van der Waals surface area contributed by atoms with E-state index >= 15 is 0 Å². The maximum atomic E-state index is 10.7. The second-order valence-corrected chi connectivity index (χ2v) is 4.70. The molecule has 0 saturated carbocycles.